The second-order valence-corrected chi connectivity index (χ2v) is 6.79. The van der Waals surface area contributed by atoms with Gasteiger partial charge in [-0.2, -0.15) is 13.2 Å². The highest BCUT2D eigenvalue weighted by atomic mass is 19.4. The van der Waals surface area contributed by atoms with Crippen LogP contribution in [0.15, 0.2) is 0 Å². The zero-order chi connectivity index (χ0) is 19.0. The quantitative estimate of drug-likeness (QED) is 0.156. The van der Waals surface area contributed by atoms with Crippen LogP contribution >= 0.6 is 0 Å². The molecule has 0 aliphatic heterocycles. The minimum Gasteiger partial charge on any atom is -0.207 e. The van der Waals surface area contributed by atoms with Crippen LogP contribution in [0.4, 0.5) is 22.0 Å². The van der Waals surface area contributed by atoms with Gasteiger partial charge in [0.2, 0.25) is 5.92 Å². The molecule has 0 bridgehead atoms. The van der Waals surface area contributed by atoms with Crippen LogP contribution in [0.25, 0.3) is 0 Å². The van der Waals surface area contributed by atoms with E-state index in [1.54, 1.807) is 6.92 Å². The molecule has 0 aromatic carbocycles. The first kappa shape index (κ1) is 24.2. The van der Waals surface area contributed by atoms with Crippen LogP contribution in [-0.2, 0) is 0 Å². The maximum absolute atomic E-state index is 13.3. The van der Waals surface area contributed by atoms with Crippen molar-refractivity contribution in [2.24, 2.45) is 0 Å². The van der Waals surface area contributed by atoms with E-state index in [4.69, 9.17) is 0 Å². The Balaban J connectivity index is 3.25. The molecule has 0 spiro atoms. The Kier molecular flexibility index (Phi) is 13.9. The molecule has 0 aromatic rings. The topological polar surface area (TPSA) is 0 Å². The fourth-order valence-corrected chi connectivity index (χ4v) is 2.84. The van der Waals surface area contributed by atoms with Crippen LogP contribution < -0.4 is 0 Å². The third kappa shape index (κ3) is 19.4. The number of alkyl halides is 5. The lowest BCUT2D eigenvalue weighted by atomic mass is 10.0. The summed E-state index contributed by atoms with van der Waals surface area (Å²) in [6.07, 6.45) is 7.39. The Bertz CT molecular complexity index is 363. The van der Waals surface area contributed by atoms with Gasteiger partial charge in [0.05, 0.1) is 0 Å². The molecule has 0 aliphatic carbocycles. The largest absolute Gasteiger partial charge is 0.457 e. The molecule has 0 atom stereocenters. The van der Waals surface area contributed by atoms with Gasteiger partial charge in [-0.05, 0) is 12.8 Å². The van der Waals surface area contributed by atoms with Crippen molar-refractivity contribution in [1.82, 2.24) is 0 Å². The first-order chi connectivity index (χ1) is 11.8. The fraction of sp³-hybridized carbons (Fsp3) is 0.900. The molecule has 0 aliphatic rings. The second kappa shape index (κ2) is 14.4. The zero-order valence-electron chi connectivity index (χ0n) is 15.5. The summed E-state index contributed by atoms with van der Waals surface area (Å²) in [5.41, 5.74) is 0. The summed E-state index contributed by atoms with van der Waals surface area (Å²) in [6.45, 7) is 1.79. The Morgan fingerprint density at radius 3 is 1.48 bits per heavy atom. The molecule has 5 heteroatoms. The maximum Gasteiger partial charge on any atom is 0.457 e. The molecule has 0 unspecified atom stereocenters. The summed E-state index contributed by atoms with van der Waals surface area (Å²) in [6, 6.07) is 0. The Morgan fingerprint density at radius 1 is 0.600 bits per heavy atom. The predicted octanol–water partition coefficient (Wildman–Crippen LogP) is 8.06. The first-order valence-corrected chi connectivity index (χ1v) is 9.71. The molecule has 0 nitrogen and oxygen atoms in total. The summed E-state index contributed by atoms with van der Waals surface area (Å²) in [5, 5.41) is 0. The van der Waals surface area contributed by atoms with Gasteiger partial charge in [-0.25, -0.2) is 8.78 Å². The SMILES string of the molecule is CCCC(F)(F)CCCCCCCCCCCCCC#CC(F)(F)F. The van der Waals surface area contributed by atoms with E-state index in [1.807, 2.05) is 0 Å². The minimum atomic E-state index is -4.36. The third-order valence-corrected chi connectivity index (χ3v) is 4.19. The molecule has 0 amide bonds. The summed E-state index contributed by atoms with van der Waals surface area (Å²) in [4.78, 5) is 0. The van der Waals surface area contributed by atoms with Gasteiger partial charge in [-0.1, -0.05) is 77.1 Å². The van der Waals surface area contributed by atoms with Gasteiger partial charge in [0.15, 0.2) is 0 Å². The van der Waals surface area contributed by atoms with Crippen molar-refractivity contribution in [3.05, 3.63) is 0 Å². The van der Waals surface area contributed by atoms with Gasteiger partial charge in [-0.15, -0.1) is 0 Å². The predicted molar refractivity (Wildman–Crippen MR) is 93.7 cm³/mol. The first-order valence-electron chi connectivity index (χ1n) is 9.71. The van der Waals surface area contributed by atoms with E-state index in [0.29, 0.717) is 19.3 Å². The lowest BCUT2D eigenvalue weighted by Gasteiger charge is -2.14. The van der Waals surface area contributed by atoms with Crippen LogP contribution in [0.3, 0.4) is 0 Å². The van der Waals surface area contributed by atoms with Gasteiger partial charge >= 0.3 is 6.18 Å². The molecule has 0 saturated heterocycles. The fourth-order valence-electron chi connectivity index (χ4n) is 2.84. The van der Waals surface area contributed by atoms with Gasteiger partial charge < -0.3 is 0 Å². The Morgan fingerprint density at radius 2 is 1.04 bits per heavy atom. The Hall–Kier alpha value is -0.790. The molecule has 0 rings (SSSR count). The lowest BCUT2D eigenvalue weighted by molar-refractivity contribution is -0.0697. The molecular weight excluding hydrogens is 335 g/mol. The van der Waals surface area contributed by atoms with E-state index in [0.717, 1.165) is 64.2 Å². The molecule has 0 aromatic heterocycles. The average molecular weight is 368 g/mol. The van der Waals surface area contributed by atoms with E-state index >= 15 is 0 Å². The van der Waals surface area contributed by atoms with Crippen LogP contribution in [-0.4, -0.2) is 12.1 Å². The normalized spacial score (nSPS) is 12.1. The van der Waals surface area contributed by atoms with Crippen molar-refractivity contribution in [2.75, 3.05) is 0 Å². The highest BCUT2D eigenvalue weighted by Gasteiger charge is 2.26. The molecule has 0 fully saturated rings. The van der Waals surface area contributed by atoms with Crippen molar-refractivity contribution in [3.63, 3.8) is 0 Å². The summed E-state index contributed by atoms with van der Waals surface area (Å²) in [7, 11) is 0. The van der Waals surface area contributed by atoms with Crippen molar-refractivity contribution in [3.8, 4) is 11.8 Å². The van der Waals surface area contributed by atoms with Gasteiger partial charge in [-0.3, -0.25) is 0 Å². The van der Waals surface area contributed by atoms with E-state index < -0.39 is 12.1 Å². The molecule has 0 N–H and O–H groups in total. The third-order valence-electron chi connectivity index (χ3n) is 4.19. The van der Waals surface area contributed by atoms with Crippen molar-refractivity contribution < 1.29 is 22.0 Å². The monoisotopic (exact) mass is 368 g/mol. The molecule has 0 heterocycles. The van der Waals surface area contributed by atoms with E-state index in [-0.39, 0.29) is 12.8 Å². The summed E-state index contributed by atoms with van der Waals surface area (Å²) < 4.78 is 61.9. The van der Waals surface area contributed by atoms with Crippen LogP contribution in [0.1, 0.15) is 103 Å². The zero-order valence-corrected chi connectivity index (χ0v) is 15.5. The highest BCUT2D eigenvalue weighted by Crippen LogP contribution is 2.27. The highest BCUT2D eigenvalue weighted by molar-refractivity contribution is 5.04. The summed E-state index contributed by atoms with van der Waals surface area (Å²) >= 11 is 0. The van der Waals surface area contributed by atoms with Crippen LogP contribution in [0.5, 0.6) is 0 Å². The van der Waals surface area contributed by atoms with E-state index in [9.17, 15) is 22.0 Å². The van der Waals surface area contributed by atoms with Gasteiger partial charge in [0.1, 0.15) is 0 Å². The van der Waals surface area contributed by atoms with Crippen molar-refractivity contribution in [1.29, 1.82) is 0 Å². The average Bonchev–Trinajstić information content (AvgIpc) is 2.50. The van der Waals surface area contributed by atoms with Crippen molar-refractivity contribution in [2.45, 2.75) is 115 Å². The van der Waals surface area contributed by atoms with Crippen LogP contribution in [0, 0.1) is 11.8 Å². The number of hydrogen-bond donors (Lipinski definition) is 0. The number of halogens is 5. The van der Waals surface area contributed by atoms with E-state index in [2.05, 4.69) is 5.92 Å². The standard InChI is InChI=1S/C20H33F5/c1-2-16-19(21,22)17-14-12-10-8-6-4-3-5-7-9-11-13-15-18-20(23,24)25/h2-14,16-17H2,1H3. The second-order valence-electron chi connectivity index (χ2n) is 6.79. The molecular formula is C20H33F5. The minimum absolute atomic E-state index is 0.00189. The smallest absolute Gasteiger partial charge is 0.207 e. The van der Waals surface area contributed by atoms with Crippen LogP contribution in [0.2, 0.25) is 0 Å². The van der Waals surface area contributed by atoms with Gasteiger partial charge in [0.25, 0.3) is 0 Å². The molecule has 148 valence electrons. The van der Waals surface area contributed by atoms with Gasteiger partial charge in [0, 0.05) is 25.2 Å². The molecule has 25 heavy (non-hydrogen) atoms. The lowest BCUT2D eigenvalue weighted by Crippen LogP contribution is -2.14. The number of hydrogen-bond acceptors (Lipinski definition) is 0. The van der Waals surface area contributed by atoms with Crippen molar-refractivity contribution >= 4 is 0 Å². The Labute approximate surface area is 150 Å². The summed E-state index contributed by atoms with van der Waals surface area (Å²) in [5.74, 6) is 0.960. The maximum atomic E-state index is 13.3. The molecule has 0 saturated carbocycles. The van der Waals surface area contributed by atoms with E-state index in [1.165, 1.54) is 5.92 Å². The number of unbranched alkanes of at least 4 members (excludes halogenated alkanes) is 11. The number of rotatable bonds is 15. The molecule has 0 radical (unpaired) electrons.